The number of thiol groups is 1. The van der Waals surface area contributed by atoms with Crippen LogP contribution >= 0.6 is 0 Å². The molecular weight excluding hydrogens is 304 g/mol. The zero-order valence-electron chi connectivity index (χ0n) is 12.2. The van der Waals surface area contributed by atoms with Crippen molar-refractivity contribution in [2.45, 2.75) is 52.7 Å². The molecule has 0 rings (SSSR count). The van der Waals surface area contributed by atoms with E-state index in [0.717, 1.165) is 12.8 Å². The molecule has 5 nitrogen and oxygen atoms in total. The van der Waals surface area contributed by atoms with Gasteiger partial charge in [-0.2, -0.15) is 0 Å². The van der Waals surface area contributed by atoms with Crippen LogP contribution < -0.4 is 0 Å². The topological polar surface area (TPSA) is 54.0 Å². The van der Waals surface area contributed by atoms with E-state index >= 15 is 0 Å². The Morgan fingerprint density at radius 2 is 1.53 bits per heavy atom. The fraction of sp³-hybridized carbons (Fsp3) is 1.00. The van der Waals surface area contributed by atoms with Gasteiger partial charge < -0.3 is 13.3 Å². The molecule has 0 aliphatic rings. The summed E-state index contributed by atoms with van der Waals surface area (Å²) in [4.78, 5) is 0. The fourth-order valence-corrected chi connectivity index (χ4v) is 5.57. The maximum absolute atomic E-state index is 11.1. The Bertz CT molecular complexity index is 274. The first kappa shape index (κ1) is 19.4. The van der Waals surface area contributed by atoms with Crippen LogP contribution in [-0.4, -0.2) is 38.9 Å². The third kappa shape index (κ3) is 8.33. The van der Waals surface area contributed by atoms with Crippen molar-refractivity contribution in [3.05, 3.63) is 0 Å². The second kappa shape index (κ2) is 11.1. The lowest BCUT2D eigenvalue weighted by Crippen LogP contribution is -2.48. The van der Waals surface area contributed by atoms with Crippen LogP contribution in [0.15, 0.2) is 0 Å². The van der Waals surface area contributed by atoms with Crippen molar-refractivity contribution < 1.29 is 21.7 Å². The third-order valence-electron chi connectivity index (χ3n) is 2.42. The van der Waals surface area contributed by atoms with Crippen LogP contribution in [0.1, 0.15) is 40.5 Å². The zero-order chi connectivity index (χ0) is 14.7. The molecule has 0 bridgehead atoms. The highest BCUT2D eigenvalue weighted by Crippen LogP contribution is 2.22. The van der Waals surface area contributed by atoms with E-state index in [1.807, 2.05) is 27.7 Å². The van der Waals surface area contributed by atoms with Gasteiger partial charge in [-0.05, 0) is 27.2 Å². The van der Waals surface area contributed by atoms with E-state index in [0.29, 0.717) is 25.9 Å². The minimum Gasteiger partial charge on any atom is -0.374 e. The van der Waals surface area contributed by atoms with Crippen LogP contribution in [0, 0.1) is 0 Å². The van der Waals surface area contributed by atoms with Crippen molar-refractivity contribution in [3.63, 3.8) is 0 Å². The van der Waals surface area contributed by atoms with Crippen LogP contribution in [0.3, 0.4) is 0 Å². The first-order chi connectivity index (χ1) is 9.03. The molecule has 0 fully saturated rings. The summed E-state index contributed by atoms with van der Waals surface area (Å²) in [5.41, 5.74) is 0. The van der Waals surface area contributed by atoms with Gasteiger partial charge in [0.2, 0.25) is 0 Å². The normalized spacial score (nSPS) is 15.4. The molecule has 0 heterocycles. The predicted molar refractivity (Wildman–Crippen MR) is 82.1 cm³/mol. The van der Waals surface area contributed by atoms with Crippen LogP contribution in [0.2, 0.25) is 6.04 Å². The number of hydrogen-bond acceptors (Lipinski definition) is 6. The minimum absolute atomic E-state index is 0.234. The second-order valence-corrected chi connectivity index (χ2v) is 8.12. The Kier molecular flexibility index (Phi) is 11.4. The molecule has 2 unspecified atom stereocenters. The molecule has 0 radical (unpaired) electrons. The minimum atomic E-state index is -2.76. The molecule has 0 spiro atoms. The van der Waals surface area contributed by atoms with Crippen molar-refractivity contribution in [1.82, 2.24) is 0 Å². The summed E-state index contributed by atoms with van der Waals surface area (Å²) in [5, 5.41) is 0. The molecule has 0 saturated heterocycles. The summed E-state index contributed by atoms with van der Waals surface area (Å²) in [6, 6.07) is 0.494. The van der Waals surface area contributed by atoms with Gasteiger partial charge in [0.15, 0.2) is 0 Å². The molecule has 0 amide bonds. The van der Waals surface area contributed by atoms with Crippen LogP contribution in [0.25, 0.3) is 0 Å². The maximum atomic E-state index is 11.1. The summed E-state index contributed by atoms with van der Waals surface area (Å²) in [7, 11) is -4.81. The van der Waals surface area contributed by atoms with E-state index in [-0.39, 0.29) is 6.10 Å². The molecule has 0 aliphatic carbocycles. The standard InChI is InChI=1S/C11H26O5S2Si/c1-5-9-11(16-18(12)17)10-19(13-6-2,14-7-3)15-8-4/h11,18H,5-10H2,1-4H3. The molecule has 0 saturated carbocycles. The lowest BCUT2D eigenvalue weighted by Gasteiger charge is -2.30. The van der Waals surface area contributed by atoms with Gasteiger partial charge in [-0.15, -0.1) is 0 Å². The summed E-state index contributed by atoms with van der Waals surface area (Å²) in [6.45, 7) is 9.31. The van der Waals surface area contributed by atoms with Gasteiger partial charge in [-0.1, -0.05) is 13.3 Å². The maximum Gasteiger partial charge on any atom is 0.503 e. The van der Waals surface area contributed by atoms with Crippen LogP contribution in [0.5, 0.6) is 0 Å². The number of hydrogen-bond donors (Lipinski definition) is 1. The van der Waals surface area contributed by atoms with E-state index in [4.69, 9.17) is 17.5 Å². The SMILES string of the molecule is CCCC(C[Si](OCC)(OCC)OCC)O[SH](=O)=S. The number of rotatable bonds is 12. The average Bonchev–Trinajstić information content (AvgIpc) is 2.29. The third-order valence-corrected chi connectivity index (χ3v) is 6.29. The molecule has 8 heteroatoms. The van der Waals surface area contributed by atoms with E-state index in [1.165, 1.54) is 0 Å². The fourth-order valence-electron chi connectivity index (χ4n) is 1.88. The Morgan fingerprint density at radius 1 is 1.05 bits per heavy atom. The van der Waals surface area contributed by atoms with Gasteiger partial charge in [-0.3, -0.25) is 4.18 Å². The molecule has 0 N–H and O–H groups in total. The van der Waals surface area contributed by atoms with Gasteiger partial charge in [0.25, 0.3) is 0 Å². The van der Waals surface area contributed by atoms with Gasteiger partial charge in [0.05, 0.1) is 6.10 Å². The van der Waals surface area contributed by atoms with E-state index in [1.54, 1.807) is 0 Å². The molecule has 2 atom stereocenters. The molecular formula is C11H26O5S2Si. The molecule has 0 aromatic carbocycles. The summed E-state index contributed by atoms with van der Waals surface area (Å²) >= 11 is 4.63. The highest BCUT2D eigenvalue weighted by Gasteiger charge is 2.43. The van der Waals surface area contributed by atoms with Crippen molar-refractivity contribution in [3.8, 4) is 0 Å². The zero-order valence-corrected chi connectivity index (χ0v) is 14.9. The van der Waals surface area contributed by atoms with E-state index < -0.39 is 18.4 Å². The second-order valence-electron chi connectivity index (χ2n) is 3.93. The van der Waals surface area contributed by atoms with Gasteiger partial charge in [0.1, 0.15) is 9.64 Å². The van der Waals surface area contributed by atoms with Gasteiger partial charge in [-0.25, -0.2) is 4.21 Å². The first-order valence-electron chi connectivity index (χ1n) is 6.76. The summed E-state index contributed by atoms with van der Waals surface area (Å²) in [5.74, 6) is 0. The quantitative estimate of drug-likeness (QED) is 0.437. The monoisotopic (exact) mass is 330 g/mol. The highest BCUT2D eigenvalue weighted by atomic mass is 32.8. The largest absolute Gasteiger partial charge is 0.503 e. The van der Waals surface area contributed by atoms with Crippen molar-refractivity contribution in [2.24, 2.45) is 0 Å². The Hall–Kier alpha value is 0.427. The lowest BCUT2D eigenvalue weighted by atomic mass is 10.2. The van der Waals surface area contributed by atoms with Crippen molar-refractivity contribution >= 4 is 29.6 Å². The predicted octanol–water partition coefficient (Wildman–Crippen LogP) is 2.08. The smallest absolute Gasteiger partial charge is 0.374 e. The molecule has 0 aromatic heterocycles. The Labute approximate surface area is 124 Å². The first-order valence-corrected chi connectivity index (χ1v) is 10.9. The molecule has 116 valence electrons. The highest BCUT2D eigenvalue weighted by molar-refractivity contribution is 8.19. The van der Waals surface area contributed by atoms with Gasteiger partial charge >= 0.3 is 8.80 Å². The molecule has 0 aromatic rings. The van der Waals surface area contributed by atoms with E-state index in [2.05, 4.69) is 11.2 Å². The molecule has 19 heavy (non-hydrogen) atoms. The Balaban J connectivity index is 4.87. The van der Waals surface area contributed by atoms with Crippen molar-refractivity contribution in [2.75, 3.05) is 19.8 Å². The van der Waals surface area contributed by atoms with Crippen molar-refractivity contribution in [1.29, 1.82) is 0 Å². The Morgan fingerprint density at radius 3 is 1.84 bits per heavy atom. The lowest BCUT2D eigenvalue weighted by molar-refractivity contribution is 0.0600. The van der Waals surface area contributed by atoms with Gasteiger partial charge in [0, 0.05) is 37.1 Å². The molecule has 0 aliphatic heterocycles. The summed E-state index contributed by atoms with van der Waals surface area (Å²) < 4.78 is 33.7. The van der Waals surface area contributed by atoms with E-state index in [9.17, 15) is 4.21 Å². The van der Waals surface area contributed by atoms with Crippen LogP contribution in [-0.2, 0) is 38.3 Å². The average molecular weight is 331 g/mol. The summed E-state index contributed by atoms with van der Waals surface area (Å²) in [6.07, 6.45) is 1.44. The van der Waals surface area contributed by atoms with Crippen LogP contribution in [0.4, 0.5) is 0 Å².